The predicted molar refractivity (Wildman–Crippen MR) is 55.3 cm³/mol. The fourth-order valence-electron chi connectivity index (χ4n) is 3.27. The Morgan fingerprint density at radius 1 is 1.36 bits per heavy atom. The minimum atomic E-state index is 0.586. The van der Waals surface area contributed by atoms with E-state index in [1.165, 1.54) is 32.4 Å². The predicted octanol–water partition coefficient (Wildman–Crippen LogP) is 0.459. The third-order valence-electron chi connectivity index (χ3n) is 3.98. The summed E-state index contributed by atoms with van der Waals surface area (Å²) in [5.74, 6) is 1.02. The minimum Gasteiger partial charge on any atom is -0.378 e. The second-order valence-electron chi connectivity index (χ2n) is 5.01. The monoisotopic (exact) mass is 196 g/mol. The molecule has 3 fully saturated rings. The molecule has 3 heteroatoms. The summed E-state index contributed by atoms with van der Waals surface area (Å²) >= 11 is 0. The maximum absolute atomic E-state index is 5.48. The highest BCUT2D eigenvalue weighted by Gasteiger charge is 2.38. The van der Waals surface area contributed by atoms with E-state index in [2.05, 4.69) is 10.2 Å². The van der Waals surface area contributed by atoms with E-state index in [4.69, 9.17) is 4.74 Å². The van der Waals surface area contributed by atoms with Crippen LogP contribution in [0.3, 0.4) is 0 Å². The first-order valence-electron chi connectivity index (χ1n) is 5.97. The van der Waals surface area contributed by atoms with Crippen molar-refractivity contribution >= 4 is 0 Å². The van der Waals surface area contributed by atoms with E-state index < -0.39 is 0 Å². The highest BCUT2D eigenvalue weighted by Crippen LogP contribution is 2.37. The van der Waals surface area contributed by atoms with Crippen LogP contribution in [0.15, 0.2) is 0 Å². The number of fused-ring (bicyclic) bond motifs is 2. The van der Waals surface area contributed by atoms with E-state index in [1.807, 2.05) is 0 Å². The Morgan fingerprint density at radius 3 is 3.00 bits per heavy atom. The highest BCUT2D eigenvalue weighted by atomic mass is 16.5. The topological polar surface area (TPSA) is 24.5 Å². The molecule has 2 aliphatic heterocycles. The summed E-state index contributed by atoms with van der Waals surface area (Å²) in [6.45, 7) is 5.40. The Bertz CT molecular complexity index is 203. The van der Waals surface area contributed by atoms with Gasteiger partial charge >= 0.3 is 0 Å². The minimum absolute atomic E-state index is 0.586. The second-order valence-corrected chi connectivity index (χ2v) is 5.01. The van der Waals surface area contributed by atoms with Crippen LogP contribution < -0.4 is 5.32 Å². The first kappa shape index (κ1) is 9.13. The van der Waals surface area contributed by atoms with Crippen molar-refractivity contribution in [1.82, 2.24) is 10.2 Å². The molecule has 3 aliphatic rings. The van der Waals surface area contributed by atoms with Crippen LogP contribution in [0.2, 0.25) is 0 Å². The standard InChI is InChI=1S/C11H20N2O/c1-2-11-5-9(1)6-13(11)7-10-8-14-4-3-12-10/h9-12H,1-8H2. The normalized spacial score (nSPS) is 43.3. The fourth-order valence-corrected chi connectivity index (χ4v) is 3.27. The Balaban J connectivity index is 1.52. The van der Waals surface area contributed by atoms with Gasteiger partial charge in [-0.3, -0.25) is 4.90 Å². The van der Waals surface area contributed by atoms with Crippen molar-refractivity contribution < 1.29 is 4.74 Å². The van der Waals surface area contributed by atoms with E-state index in [0.717, 1.165) is 31.7 Å². The maximum Gasteiger partial charge on any atom is 0.0632 e. The van der Waals surface area contributed by atoms with Gasteiger partial charge in [-0.2, -0.15) is 0 Å². The van der Waals surface area contributed by atoms with Gasteiger partial charge in [0.15, 0.2) is 0 Å². The van der Waals surface area contributed by atoms with Crippen molar-refractivity contribution in [3.05, 3.63) is 0 Å². The summed E-state index contributed by atoms with van der Waals surface area (Å²) in [5.41, 5.74) is 0. The summed E-state index contributed by atoms with van der Waals surface area (Å²) in [6, 6.07) is 1.49. The van der Waals surface area contributed by atoms with Crippen LogP contribution in [0, 0.1) is 5.92 Å². The van der Waals surface area contributed by atoms with Crippen LogP contribution in [0.25, 0.3) is 0 Å². The molecule has 1 N–H and O–H groups in total. The molecule has 0 aromatic heterocycles. The SMILES string of the molecule is C1COCC(CN2CC3CCC2C3)N1. The van der Waals surface area contributed by atoms with Crippen LogP contribution >= 0.6 is 0 Å². The summed E-state index contributed by atoms with van der Waals surface area (Å²) in [7, 11) is 0. The van der Waals surface area contributed by atoms with E-state index in [1.54, 1.807) is 0 Å². The molecular weight excluding hydrogens is 176 g/mol. The first-order valence-corrected chi connectivity index (χ1v) is 5.97. The summed E-state index contributed by atoms with van der Waals surface area (Å²) in [4.78, 5) is 2.68. The van der Waals surface area contributed by atoms with Crippen LogP contribution in [0.4, 0.5) is 0 Å². The largest absolute Gasteiger partial charge is 0.378 e. The Morgan fingerprint density at radius 2 is 2.36 bits per heavy atom. The Labute approximate surface area is 85.8 Å². The lowest BCUT2D eigenvalue weighted by Gasteiger charge is -2.32. The maximum atomic E-state index is 5.48. The van der Waals surface area contributed by atoms with Crippen molar-refractivity contribution in [3.63, 3.8) is 0 Å². The molecule has 2 saturated heterocycles. The molecular formula is C11H20N2O. The number of hydrogen-bond donors (Lipinski definition) is 1. The van der Waals surface area contributed by atoms with Gasteiger partial charge in [0.1, 0.15) is 0 Å². The lowest BCUT2D eigenvalue weighted by Crippen LogP contribution is -2.50. The zero-order chi connectivity index (χ0) is 9.38. The molecule has 0 spiro atoms. The highest BCUT2D eigenvalue weighted by molar-refractivity contribution is 4.93. The van der Waals surface area contributed by atoms with Crippen molar-refractivity contribution in [2.45, 2.75) is 31.3 Å². The third-order valence-corrected chi connectivity index (χ3v) is 3.98. The molecule has 3 rings (SSSR count). The van der Waals surface area contributed by atoms with Crippen molar-refractivity contribution in [3.8, 4) is 0 Å². The Kier molecular flexibility index (Phi) is 2.48. The lowest BCUT2D eigenvalue weighted by atomic mass is 10.1. The second kappa shape index (κ2) is 3.80. The molecule has 0 aromatic rings. The quantitative estimate of drug-likeness (QED) is 0.694. The number of rotatable bonds is 2. The van der Waals surface area contributed by atoms with E-state index in [-0.39, 0.29) is 0 Å². The molecule has 1 saturated carbocycles. The van der Waals surface area contributed by atoms with Gasteiger partial charge in [-0.1, -0.05) is 0 Å². The molecule has 0 amide bonds. The van der Waals surface area contributed by atoms with E-state index >= 15 is 0 Å². The molecule has 3 unspecified atom stereocenters. The summed E-state index contributed by atoms with van der Waals surface area (Å²) in [5, 5.41) is 3.54. The number of piperidine rings is 1. The van der Waals surface area contributed by atoms with Gasteiger partial charge in [0.25, 0.3) is 0 Å². The molecule has 1 aliphatic carbocycles. The van der Waals surface area contributed by atoms with Gasteiger partial charge in [-0.05, 0) is 25.2 Å². The average molecular weight is 196 g/mol. The molecule has 2 heterocycles. The van der Waals surface area contributed by atoms with Crippen molar-refractivity contribution in [1.29, 1.82) is 0 Å². The van der Waals surface area contributed by atoms with Crippen molar-refractivity contribution in [2.24, 2.45) is 5.92 Å². The van der Waals surface area contributed by atoms with Crippen LogP contribution in [0.1, 0.15) is 19.3 Å². The molecule has 3 nitrogen and oxygen atoms in total. The fraction of sp³-hybridized carbons (Fsp3) is 1.00. The van der Waals surface area contributed by atoms with Gasteiger partial charge in [-0.25, -0.2) is 0 Å². The van der Waals surface area contributed by atoms with Gasteiger partial charge in [0.2, 0.25) is 0 Å². The van der Waals surface area contributed by atoms with E-state index in [0.29, 0.717) is 6.04 Å². The number of ether oxygens (including phenoxy) is 1. The molecule has 3 atom stereocenters. The van der Waals surface area contributed by atoms with E-state index in [9.17, 15) is 0 Å². The summed E-state index contributed by atoms with van der Waals surface area (Å²) in [6.07, 6.45) is 4.39. The molecule has 80 valence electrons. The Hall–Kier alpha value is -0.120. The van der Waals surface area contributed by atoms with Crippen LogP contribution in [-0.4, -0.2) is 49.8 Å². The smallest absolute Gasteiger partial charge is 0.0632 e. The number of nitrogens with one attached hydrogen (secondary N) is 1. The molecule has 2 bridgehead atoms. The van der Waals surface area contributed by atoms with Gasteiger partial charge < -0.3 is 10.1 Å². The molecule has 0 aromatic carbocycles. The molecule has 14 heavy (non-hydrogen) atoms. The summed E-state index contributed by atoms with van der Waals surface area (Å²) < 4.78 is 5.48. The van der Waals surface area contributed by atoms with Gasteiger partial charge in [0, 0.05) is 31.7 Å². The first-order chi connectivity index (χ1) is 6.92. The lowest BCUT2D eigenvalue weighted by molar-refractivity contribution is 0.0567. The average Bonchev–Trinajstić information content (AvgIpc) is 2.81. The molecule has 0 radical (unpaired) electrons. The van der Waals surface area contributed by atoms with Crippen LogP contribution in [0.5, 0.6) is 0 Å². The number of hydrogen-bond acceptors (Lipinski definition) is 3. The zero-order valence-corrected chi connectivity index (χ0v) is 8.74. The number of morpholine rings is 1. The zero-order valence-electron chi connectivity index (χ0n) is 8.74. The third kappa shape index (κ3) is 1.69. The van der Waals surface area contributed by atoms with Gasteiger partial charge in [0.05, 0.1) is 13.2 Å². The number of likely N-dealkylation sites (tertiary alicyclic amines) is 1. The van der Waals surface area contributed by atoms with Crippen LogP contribution in [-0.2, 0) is 4.74 Å². The van der Waals surface area contributed by atoms with Crippen molar-refractivity contribution in [2.75, 3.05) is 32.8 Å². The number of nitrogens with zero attached hydrogens (tertiary/aromatic N) is 1. The van der Waals surface area contributed by atoms with Gasteiger partial charge in [-0.15, -0.1) is 0 Å².